The minimum atomic E-state index is -1.33. The average molecular weight is 315 g/mol. The second kappa shape index (κ2) is 3.97. The highest BCUT2D eigenvalue weighted by Gasteiger charge is 2.75. The number of aryl methyl sites for hydroxylation is 1. The van der Waals surface area contributed by atoms with Crippen molar-refractivity contribution < 1.29 is 19.7 Å². The molecule has 0 aromatic heterocycles. The van der Waals surface area contributed by atoms with Crippen molar-refractivity contribution in [3.05, 3.63) is 28.8 Å². The molecule has 2 bridgehead atoms. The molecule has 1 aromatic rings. The maximum atomic E-state index is 12.7. The molecule has 122 valence electrons. The molecule has 5 nitrogen and oxygen atoms in total. The van der Waals surface area contributed by atoms with Crippen LogP contribution in [0.15, 0.2) is 12.1 Å². The van der Waals surface area contributed by atoms with E-state index >= 15 is 0 Å². The van der Waals surface area contributed by atoms with Crippen LogP contribution in [0.4, 0.5) is 0 Å². The highest BCUT2D eigenvalue weighted by molar-refractivity contribution is 5.90. The number of aliphatic hydroxyl groups is 2. The molecule has 5 rings (SSSR count). The molecule has 2 aliphatic heterocycles. The first kappa shape index (κ1) is 14.0. The number of nitrogens with zero attached hydrogens (tertiary/aromatic N) is 1. The number of ether oxygens (including phenoxy) is 1. The summed E-state index contributed by atoms with van der Waals surface area (Å²) in [6.07, 6.45) is -0.425. The Morgan fingerprint density at radius 3 is 2.91 bits per heavy atom. The Morgan fingerprint density at radius 2 is 2.13 bits per heavy atom. The highest BCUT2D eigenvalue weighted by atomic mass is 16.5. The molecule has 0 amide bonds. The van der Waals surface area contributed by atoms with Crippen molar-refractivity contribution in [1.82, 2.24) is 4.90 Å². The van der Waals surface area contributed by atoms with Crippen LogP contribution in [0.1, 0.15) is 29.5 Å². The number of benzene rings is 1. The Bertz CT molecular complexity index is 747. The fraction of sp³-hybridized carbons (Fsp3) is 0.611. The largest absolute Gasteiger partial charge is 0.481 e. The summed E-state index contributed by atoms with van der Waals surface area (Å²) < 4.78 is 6.13. The number of hydrogen-bond acceptors (Lipinski definition) is 5. The van der Waals surface area contributed by atoms with Crippen LogP contribution in [0.2, 0.25) is 0 Å². The lowest BCUT2D eigenvalue weighted by Crippen LogP contribution is -2.80. The van der Waals surface area contributed by atoms with E-state index in [0.29, 0.717) is 12.8 Å². The van der Waals surface area contributed by atoms with E-state index in [4.69, 9.17) is 4.74 Å². The Labute approximate surface area is 134 Å². The third-order valence-electron chi connectivity index (χ3n) is 6.79. The minimum Gasteiger partial charge on any atom is -0.481 e. The molecule has 2 heterocycles. The van der Waals surface area contributed by atoms with Gasteiger partial charge in [0.15, 0.2) is 11.9 Å². The monoisotopic (exact) mass is 315 g/mol. The van der Waals surface area contributed by atoms with Crippen LogP contribution in [-0.4, -0.2) is 58.3 Å². The average Bonchev–Trinajstić information content (AvgIpc) is 2.86. The molecule has 1 saturated carbocycles. The molecule has 2 aliphatic carbocycles. The third kappa shape index (κ3) is 1.28. The van der Waals surface area contributed by atoms with Crippen molar-refractivity contribution in [2.45, 2.75) is 55.5 Å². The van der Waals surface area contributed by atoms with E-state index in [9.17, 15) is 15.0 Å². The number of likely N-dealkylation sites (tertiary alicyclic amines) is 1. The van der Waals surface area contributed by atoms with Gasteiger partial charge in [-0.3, -0.25) is 4.79 Å². The Hall–Kier alpha value is -1.43. The van der Waals surface area contributed by atoms with Crippen molar-refractivity contribution >= 4 is 5.78 Å². The SMILES string of the molecule is Cc1ccc2c3c1O[C@H]1C(=O)C[C@@H](O)[C@@]4(O)[C@@H](C2)N(C)CCC314. The second-order valence-electron chi connectivity index (χ2n) is 7.68. The van der Waals surface area contributed by atoms with Gasteiger partial charge in [0.2, 0.25) is 0 Å². The zero-order valence-corrected chi connectivity index (χ0v) is 13.4. The molecule has 5 atom stereocenters. The molecule has 23 heavy (non-hydrogen) atoms. The van der Waals surface area contributed by atoms with Crippen molar-refractivity contribution in [3.63, 3.8) is 0 Å². The Kier molecular flexibility index (Phi) is 2.41. The van der Waals surface area contributed by atoms with Crippen LogP contribution in [0.5, 0.6) is 5.75 Å². The molecule has 2 N–H and O–H groups in total. The number of likely N-dealkylation sites (N-methyl/N-ethyl adjacent to an activating group) is 1. The number of piperidine rings is 1. The Morgan fingerprint density at radius 1 is 1.35 bits per heavy atom. The fourth-order valence-electron chi connectivity index (χ4n) is 5.73. The van der Waals surface area contributed by atoms with Gasteiger partial charge in [0.05, 0.1) is 11.5 Å². The molecule has 2 fully saturated rings. The summed E-state index contributed by atoms with van der Waals surface area (Å²) in [5.41, 5.74) is 1.01. The van der Waals surface area contributed by atoms with Crippen molar-refractivity contribution in [2.24, 2.45) is 0 Å². The zero-order chi connectivity index (χ0) is 16.1. The predicted octanol–water partition coefficient (Wildman–Crippen LogP) is 0.319. The number of rotatable bonds is 0. The first-order valence-corrected chi connectivity index (χ1v) is 8.34. The van der Waals surface area contributed by atoms with Crippen LogP contribution < -0.4 is 4.74 Å². The summed E-state index contributed by atoms with van der Waals surface area (Å²) in [4.78, 5) is 14.8. The number of aliphatic hydroxyl groups excluding tert-OH is 1. The zero-order valence-electron chi connectivity index (χ0n) is 13.4. The molecule has 4 aliphatic rings. The maximum Gasteiger partial charge on any atom is 0.177 e. The molecule has 1 unspecified atom stereocenters. The first-order valence-electron chi connectivity index (χ1n) is 8.34. The molecule has 1 spiro atoms. The van der Waals surface area contributed by atoms with E-state index < -0.39 is 23.2 Å². The van der Waals surface area contributed by atoms with Gasteiger partial charge in [0.1, 0.15) is 11.4 Å². The van der Waals surface area contributed by atoms with Gasteiger partial charge in [0, 0.05) is 18.0 Å². The lowest BCUT2D eigenvalue weighted by molar-refractivity contribution is -0.226. The minimum absolute atomic E-state index is 0.0321. The van der Waals surface area contributed by atoms with E-state index in [2.05, 4.69) is 11.0 Å². The van der Waals surface area contributed by atoms with E-state index in [-0.39, 0.29) is 18.2 Å². The third-order valence-corrected chi connectivity index (χ3v) is 6.79. The second-order valence-corrected chi connectivity index (χ2v) is 7.68. The summed E-state index contributed by atoms with van der Waals surface area (Å²) in [6, 6.07) is 3.94. The van der Waals surface area contributed by atoms with E-state index in [1.54, 1.807) is 0 Å². The van der Waals surface area contributed by atoms with Crippen molar-refractivity contribution in [3.8, 4) is 5.75 Å². The summed E-state index contributed by atoms with van der Waals surface area (Å²) in [5, 5.41) is 22.5. The van der Waals surface area contributed by atoms with Gasteiger partial charge < -0.3 is 19.8 Å². The van der Waals surface area contributed by atoms with Crippen LogP contribution in [0.3, 0.4) is 0 Å². The molecule has 1 saturated heterocycles. The maximum absolute atomic E-state index is 12.7. The van der Waals surface area contributed by atoms with E-state index in [0.717, 1.165) is 29.0 Å². The van der Waals surface area contributed by atoms with Gasteiger partial charge in [-0.25, -0.2) is 0 Å². The molecule has 1 aromatic carbocycles. The molecular weight excluding hydrogens is 294 g/mol. The van der Waals surface area contributed by atoms with Gasteiger partial charge in [-0.15, -0.1) is 0 Å². The smallest absolute Gasteiger partial charge is 0.177 e. The van der Waals surface area contributed by atoms with Crippen molar-refractivity contribution in [1.29, 1.82) is 0 Å². The topological polar surface area (TPSA) is 70.0 Å². The lowest BCUT2D eigenvalue weighted by Gasteiger charge is -2.63. The van der Waals surface area contributed by atoms with Crippen LogP contribution >= 0.6 is 0 Å². The van der Waals surface area contributed by atoms with Crippen molar-refractivity contribution in [2.75, 3.05) is 13.6 Å². The standard InChI is InChI=1S/C18H21NO4/c1-9-3-4-10-7-12-18(22)13(21)8-11(20)16-17(18,5-6-19(12)2)14(10)15(9)23-16/h3-4,12-13,16,21-22H,5-8H2,1-2H3/t12-,13-,16+,17?,18+/m1/s1. The van der Waals surface area contributed by atoms with Gasteiger partial charge in [-0.1, -0.05) is 12.1 Å². The van der Waals surface area contributed by atoms with Crippen LogP contribution in [-0.2, 0) is 16.6 Å². The number of carbonyl (C=O) groups is 1. The summed E-state index contributed by atoms with van der Waals surface area (Å²) in [6.45, 7) is 2.77. The Balaban J connectivity index is 1.89. The number of ketones is 1. The quantitative estimate of drug-likeness (QED) is 0.721. The first-order chi connectivity index (χ1) is 10.9. The molecular formula is C18H21NO4. The van der Waals surface area contributed by atoms with Gasteiger partial charge >= 0.3 is 0 Å². The lowest BCUT2D eigenvalue weighted by atomic mass is 9.48. The van der Waals surface area contributed by atoms with E-state index in [1.807, 2.05) is 20.0 Å². The van der Waals surface area contributed by atoms with Crippen LogP contribution in [0, 0.1) is 6.92 Å². The van der Waals surface area contributed by atoms with Gasteiger partial charge in [-0.05, 0) is 44.5 Å². The molecule has 0 radical (unpaired) electrons. The number of carbonyl (C=O) groups excluding carboxylic acids is 1. The fourth-order valence-corrected chi connectivity index (χ4v) is 5.73. The van der Waals surface area contributed by atoms with E-state index in [1.165, 1.54) is 0 Å². The van der Waals surface area contributed by atoms with Gasteiger partial charge in [-0.2, -0.15) is 0 Å². The predicted molar refractivity (Wildman–Crippen MR) is 82.6 cm³/mol. The van der Waals surface area contributed by atoms with Gasteiger partial charge in [0.25, 0.3) is 0 Å². The highest BCUT2D eigenvalue weighted by Crippen LogP contribution is 2.63. The normalized spacial score (nSPS) is 44.0. The summed E-state index contributed by atoms with van der Waals surface area (Å²) in [5.74, 6) is 0.672. The summed E-state index contributed by atoms with van der Waals surface area (Å²) >= 11 is 0. The molecule has 5 heteroatoms. The number of Topliss-reactive ketones (excluding diaryl/α,β-unsaturated/α-hetero) is 1. The van der Waals surface area contributed by atoms with Crippen LogP contribution in [0.25, 0.3) is 0 Å². The number of hydrogen-bond donors (Lipinski definition) is 2. The summed E-state index contributed by atoms with van der Waals surface area (Å²) in [7, 11) is 1.99.